The average Bonchev–Trinajstić information content (AvgIpc) is 2.44. The Bertz CT molecular complexity index is 507. The number of halogens is 1. The smallest absolute Gasteiger partial charge is 0.234 e. The predicted octanol–water partition coefficient (Wildman–Crippen LogP) is 1.45. The highest BCUT2D eigenvalue weighted by Gasteiger charge is 2.25. The number of aliphatic hydroxyl groups is 1. The van der Waals surface area contributed by atoms with Crippen LogP contribution in [-0.4, -0.2) is 41.7 Å². The van der Waals surface area contributed by atoms with Crippen LogP contribution < -0.4 is 5.32 Å². The molecule has 1 aliphatic heterocycles. The van der Waals surface area contributed by atoms with Crippen molar-refractivity contribution in [3.05, 3.63) is 35.1 Å². The number of amides is 1. The number of nitrogens with one attached hydrogen (secondary N) is 1. The maximum absolute atomic E-state index is 13.4. The van der Waals surface area contributed by atoms with Gasteiger partial charge in [0.15, 0.2) is 0 Å². The Labute approximate surface area is 125 Å². The molecule has 1 aromatic rings. The van der Waals surface area contributed by atoms with Crippen molar-refractivity contribution >= 4 is 5.91 Å². The van der Waals surface area contributed by atoms with Crippen molar-refractivity contribution < 1.29 is 14.3 Å². The Hall–Kier alpha value is -1.46. The molecule has 2 atom stereocenters. The van der Waals surface area contributed by atoms with E-state index < -0.39 is 0 Å². The second kappa shape index (κ2) is 7.00. The SMILES string of the molecule is Cc1ccc(CNC(=O)CN2CCC(C)C(O)C2)cc1F. The molecule has 5 heteroatoms. The summed E-state index contributed by atoms with van der Waals surface area (Å²) in [7, 11) is 0. The maximum Gasteiger partial charge on any atom is 0.234 e. The second-order valence-electron chi connectivity index (χ2n) is 5.93. The Morgan fingerprint density at radius 1 is 1.52 bits per heavy atom. The van der Waals surface area contributed by atoms with Gasteiger partial charge in [-0.25, -0.2) is 4.39 Å². The summed E-state index contributed by atoms with van der Waals surface area (Å²) in [4.78, 5) is 13.9. The molecule has 0 saturated carbocycles. The van der Waals surface area contributed by atoms with E-state index in [-0.39, 0.29) is 24.4 Å². The topological polar surface area (TPSA) is 52.6 Å². The molecule has 1 heterocycles. The molecular formula is C16H23FN2O2. The van der Waals surface area contributed by atoms with E-state index in [0.29, 0.717) is 24.6 Å². The third-order valence-corrected chi connectivity index (χ3v) is 4.10. The van der Waals surface area contributed by atoms with Gasteiger partial charge in [-0.2, -0.15) is 0 Å². The summed E-state index contributed by atoms with van der Waals surface area (Å²) in [5.74, 6) is -0.0625. The molecule has 116 valence electrons. The normalized spacial score (nSPS) is 23.0. The van der Waals surface area contributed by atoms with E-state index in [2.05, 4.69) is 5.32 Å². The van der Waals surface area contributed by atoms with Crippen molar-refractivity contribution in [3.63, 3.8) is 0 Å². The van der Waals surface area contributed by atoms with Crippen molar-refractivity contribution in [2.24, 2.45) is 5.92 Å². The van der Waals surface area contributed by atoms with E-state index in [4.69, 9.17) is 0 Å². The van der Waals surface area contributed by atoms with Gasteiger partial charge in [0, 0.05) is 13.1 Å². The van der Waals surface area contributed by atoms with Crippen LogP contribution in [0.4, 0.5) is 4.39 Å². The Balaban J connectivity index is 1.78. The van der Waals surface area contributed by atoms with Crippen molar-refractivity contribution in [1.29, 1.82) is 0 Å². The third kappa shape index (κ3) is 4.51. The number of piperidine rings is 1. The summed E-state index contributed by atoms with van der Waals surface area (Å²) >= 11 is 0. The van der Waals surface area contributed by atoms with E-state index in [9.17, 15) is 14.3 Å². The largest absolute Gasteiger partial charge is 0.392 e. The van der Waals surface area contributed by atoms with Gasteiger partial charge in [-0.15, -0.1) is 0 Å². The lowest BCUT2D eigenvalue weighted by Crippen LogP contribution is -2.46. The number of benzene rings is 1. The zero-order chi connectivity index (χ0) is 15.4. The first-order valence-corrected chi connectivity index (χ1v) is 7.38. The number of β-amino-alcohol motifs (C(OH)–C–C–N with tert-alkyl or cyclic N) is 1. The van der Waals surface area contributed by atoms with Gasteiger partial charge in [-0.05, 0) is 43.0 Å². The maximum atomic E-state index is 13.4. The monoisotopic (exact) mass is 294 g/mol. The number of hydrogen-bond donors (Lipinski definition) is 2. The molecule has 2 rings (SSSR count). The summed E-state index contributed by atoms with van der Waals surface area (Å²) in [5.41, 5.74) is 1.35. The molecule has 1 amide bonds. The molecular weight excluding hydrogens is 271 g/mol. The van der Waals surface area contributed by atoms with E-state index in [1.54, 1.807) is 13.0 Å². The molecule has 0 aliphatic carbocycles. The van der Waals surface area contributed by atoms with Gasteiger partial charge < -0.3 is 10.4 Å². The fraction of sp³-hybridized carbons (Fsp3) is 0.562. The number of rotatable bonds is 4. The zero-order valence-corrected chi connectivity index (χ0v) is 12.6. The first kappa shape index (κ1) is 15.9. The van der Waals surface area contributed by atoms with Crippen LogP contribution >= 0.6 is 0 Å². The van der Waals surface area contributed by atoms with Gasteiger partial charge >= 0.3 is 0 Å². The summed E-state index contributed by atoms with van der Waals surface area (Å²) in [6.07, 6.45) is 0.537. The second-order valence-corrected chi connectivity index (χ2v) is 5.93. The van der Waals surface area contributed by atoms with E-state index >= 15 is 0 Å². The molecule has 4 nitrogen and oxygen atoms in total. The zero-order valence-electron chi connectivity index (χ0n) is 12.6. The van der Waals surface area contributed by atoms with Crippen molar-refractivity contribution in [1.82, 2.24) is 10.2 Å². The third-order valence-electron chi connectivity index (χ3n) is 4.10. The highest BCUT2D eigenvalue weighted by molar-refractivity contribution is 5.78. The van der Waals surface area contributed by atoms with Gasteiger partial charge in [-0.1, -0.05) is 19.1 Å². The van der Waals surface area contributed by atoms with E-state index in [1.807, 2.05) is 17.9 Å². The van der Waals surface area contributed by atoms with Crippen LogP contribution in [-0.2, 0) is 11.3 Å². The molecule has 0 radical (unpaired) electrons. The molecule has 2 N–H and O–H groups in total. The fourth-order valence-corrected chi connectivity index (χ4v) is 2.46. The predicted molar refractivity (Wildman–Crippen MR) is 79.2 cm³/mol. The first-order chi connectivity index (χ1) is 9.95. The van der Waals surface area contributed by atoms with Crippen LogP contribution in [0.25, 0.3) is 0 Å². The Morgan fingerprint density at radius 3 is 2.95 bits per heavy atom. The van der Waals surface area contributed by atoms with Gasteiger partial charge in [0.05, 0.1) is 12.6 Å². The molecule has 0 bridgehead atoms. The van der Waals surface area contributed by atoms with Crippen molar-refractivity contribution in [2.75, 3.05) is 19.6 Å². The van der Waals surface area contributed by atoms with E-state index in [0.717, 1.165) is 18.5 Å². The summed E-state index contributed by atoms with van der Waals surface area (Å²) in [6.45, 7) is 5.69. The van der Waals surface area contributed by atoms with Crippen LogP contribution in [0.5, 0.6) is 0 Å². The van der Waals surface area contributed by atoms with Gasteiger partial charge in [-0.3, -0.25) is 9.69 Å². The standard InChI is InChI=1S/C16H23FN2O2/c1-11-3-4-13(7-14(11)17)8-18-16(21)10-19-6-5-12(2)15(20)9-19/h3-4,7,12,15,20H,5-6,8-10H2,1-2H3,(H,18,21). The number of aliphatic hydroxyl groups excluding tert-OH is 1. The molecule has 0 spiro atoms. The molecule has 1 fully saturated rings. The minimum atomic E-state index is -0.363. The van der Waals surface area contributed by atoms with Crippen molar-refractivity contribution in [3.8, 4) is 0 Å². The lowest BCUT2D eigenvalue weighted by Gasteiger charge is -2.33. The van der Waals surface area contributed by atoms with Crippen LogP contribution in [0.1, 0.15) is 24.5 Å². The van der Waals surface area contributed by atoms with Crippen molar-refractivity contribution in [2.45, 2.75) is 32.9 Å². The fourth-order valence-electron chi connectivity index (χ4n) is 2.46. The number of likely N-dealkylation sites (tertiary alicyclic amines) is 1. The van der Waals surface area contributed by atoms with Crippen LogP contribution in [0.3, 0.4) is 0 Å². The van der Waals surface area contributed by atoms with Crippen LogP contribution in [0.15, 0.2) is 18.2 Å². The lowest BCUT2D eigenvalue weighted by atomic mass is 9.96. The van der Waals surface area contributed by atoms with Gasteiger partial charge in [0.2, 0.25) is 5.91 Å². The average molecular weight is 294 g/mol. The highest BCUT2D eigenvalue weighted by atomic mass is 19.1. The Morgan fingerprint density at radius 2 is 2.29 bits per heavy atom. The number of hydrogen-bond acceptors (Lipinski definition) is 3. The van der Waals surface area contributed by atoms with Gasteiger partial charge in [0.1, 0.15) is 5.82 Å². The van der Waals surface area contributed by atoms with Crippen LogP contribution in [0.2, 0.25) is 0 Å². The molecule has 1 aromatic carbocycles. The number of nitrogens with zero attached hydrogens (tertiary/aromatic N) is 1. The minimum absolute atomic E-state index is 0.0993. The highest BCUT2D eigenvalue weighted by Crippen LogP contribution is 2.16. The van der Waals surface area contributed by atoms with E-state index in [1.165, 1.54) is 6.07 Å². The molecule has 21 heavy (non-hydrogen) atoms. The molecule has 1 saturated heterocycles. The lowest BCUT2D eigenvalue weighted by molar-refractivity contribution is -0.123. The summed E-state index contributed by atoms with van der Waals surface area (Å²) in [5, 5.41) is 12.6. The molecule has 2 unspecified atom stereocenters. The summed E-state index contributed by atoms with van der Waals surface area (Å²) < 4.78 is 13.4. The molecule has 1 aliphatic rings. The number of carbonyl (C=O) groups is 1. The summed E-state index contributed by atoms with van der Waals surface area (Å²) in [6, 6.07) is 4.96. The first-order valence-electron chi connectivity index (χ1n) is 7.38. The number of aryl methyl sites for hydroxylation is 1. The minimum Gasteiger partial charge on any atom is -0.392 e. The Kier molecular flexibility index (Phi) is 5.31. The number of carbonyl (C=O) groups excluding carboxylic acids is 1. The molecule has 0 aromatic heterocycles. The quantitative estimate of drug-likeness (QED) is 0.884. The van der Waals surface area contributed by atoms with Gasteiger partial charge in [0.25, 0.3) is 0 Å². The van der Waals surface area contributed by atoms with Crippen LogP contribution in [0, 0.1) is 18.7 Å².